The molecule has 6 nitrogen and oxygen atoms in total. The number of aliphatic hydroxyl groups is 1. The summed E-state index contributed by atoms with van der Waals surface area (Å²) in [5.74, 6) is 0. The average Bonchev–Trinajstić information content (AvgIpc) is 2.82. The van der Waals surface area contributed by atoms with Crippen molar-refractivity contribution in [1.29, 1.82) is 0 Å². The van der Waals surface area contributed by atoms with Crippen LogP contribution in [0.3, 0.4) is 0 Å². The number of aromatic amines is 1. The molecule has 0 spiro atoms. The number of nitrogens with one attached hydrogen (secondary N) is 1. The van der Waals surface area contributed by atoms with Crippen LogP contribution in [0.2, 0.25) is 0 Å². The molecule has 2 atom stereocenters. The van der Waals surface area contributed by atoms with Crippen molar-refractivity contribution in [1.82, 2.24) is 15.1 Å². The van der Waals surface area contributed by atoms with Crippen LogP contribution in [0.4, 0.5) is 4.79 Å². The first kappa shape index (κ1) is 12.9. The fourth-order valence-corrected chi connectivity index (χ4v) is 2.08. The van der Waals surface area contributed by atoms with Crippen LogP contribution in [0.1, 0.15) is 38.9 Å². The van der Waals surface area contributed by atoms with Crippen LogP contribution in [0.25, 0.3) is 0 Å². The molecule has 1 aliphatic rings. The number of rotatable bonds is 1. The van der Waals surface area contributed by atoms with E-state index in [1.165, 1.54) is 0 Å². The van der Waals surface area contributed by atoms with E-state index in [2.05, 4.69) is 10.2 Å². The number of hydrogen-bond donors (Lipinski definition) is 2. The smallest absolute Gasteiger partial charge is 0.410 e. The predicted octanol–water partition coefficient (Wildman–Crippen LogP) is 1.45. The third kappa shape index (κ3) is 2.81. The van der Waals surface area contributed by atoms with Crippen LogP contribution in [0.5, 0.6) is 0 Å². The molecule has 1 fully saturated rings. The summed E-state index contributed by atoms with van der Waals surface area (Å²) in [7, 11) is 0. The Morgan fingerprint density at radius 2 is 2.33 bits per heavy atom. The minimum atomic E-state index is -0.539. The average molecular weight is 253 g/mol. The Kier molecular flexibility index (Phi) is 3.30. The highest BCUT2D eigenvalue weighted by atomic mass is 16.6. The maximum atomic E-state index is 12.1. The lowest BCUT2D eigenvalue weighted by Crippen LogP contribution is -2.37. The molecule has 0 radical (unpaired) electrons. The van der Waals surface area contributed by atoms with Crippen LogP contribution in [0, 0.1) is 0 Å². The first-order valence-corrected chi connectivity index (χ1v) is 6.04. The van der Waals surface area contributed by atoms with Crippen LogP contribution in [0.15, 0.2) is 12.3 Å². The van der Waals surface area contributed by atoms with Crippen molar-refractivity contribution in [3.63, 3.8) is 0 Å². The summed E-state index contributed by atoms with van der Waals surface area (Å²) < 4.78 is 5.34. The van der Waals surface area contributed by atoms with E-state index in [1.54, 1.807) is 17.2 Å². The lowest BCUT2D eigenvalue weighted by Gasteiger charge is -2.27. The molecule has 2 rings (SSSR count). The van der Waals surface area contributed by atoms with E-state index in [9.17, 15) is 9.90 Å². The van der Waals surface area contributed by atoms with Gasteiger partial charge in [-0.15, -0.1) is 0 Å². The second kappa shape index (κ2) is 4.61. The van der Waals surface area contributed by atoms with Gasteiger partial charge in [-0.1, -0.05) is 0 Å². The monoisotopic (exact) mass is 253 g/mol. The van der Waals surface area contributed by atoms with Gasteiger partial charge in [0, 0.05) is 12.6 Å². The molecule has 1 aromatic rings. The third-order valence-electron chi connectivity index (χ3n) is 2.79. The van der Waals surface area contributed by atoms with E-state index >= 15 is 0 Å². The molecule has 0 bridgehead atoms. The second-order valence-corrected chi connectivity index (χ2v) is 5.55. The first-order chi connectivity index (χ1) is 8.37. The number of hydrogen-bond acceptors (Lipinski definition) is 4. The fraction of sp³-hybridized carbons (Fsp3) is 0.667. The Balaban J connectivity index is 2.13. The lowest BCUT2D eigenvalue weighted by molar-refractivity contribution is 0.0204. The number of ether oxygens (including phenoxy) is 1. The predicted molar refractivity (Wildman–Crippen MR) is 64.9 cm³/mol. The number of amides is 1. The molecule has 0 saturated carbocycles. The van der Waals surface area contributed by atoms with Gasteiger partial charge >= 0.3 is 6.09 Å². The Labute approximate surface area is 106 Å². The number of aliphatic hydroxyl groups excluding tert-OH is 1. The van der Waals surface area contributed by atoms with Gasteiger partial charge in [0.25, 0.3) is 0 Å². The van der Waals surface area contributed by atoms with Crippen molar-refractivity contribution in [3.8, 4) is 0 Å². The summed E-state index contributed by atoms with van der Waals surface area (Å²) in [6.45, 7) is 5.76. The van der Waals surface area contributed by atoms with E-state index in [4.69, 9.17) is 4.74 Å². The zero-order chi connectivity index (χ0) is 13.3. The van der Waals surface area contributed by atoms with Crippen LogP contribution >= 0.6 is 0 Å². The van der Waals surface area contributed by atoms with E-state index in [1.807, 2.05) is 20.8 Å². The van der Waals surface area contributed by atoms with E-state index < -0.39 is 17.8 Å². The van der Waals surface area contributed by atoms with E-state index in [0.29, 0.717) is 13.0 Å². The quantitative estimate of drug-likeness (QED) is 0.794. The van der Waals surface area contributed by atoms with Gasteiger partial charge in [-0.05, 0) is 26.8 Å². The molecule has 0 unspecified atom stereocenters. The van der Waals surface area contributed by atoms with E-state index in [-0.39, 0.29) is 6.04 Å². The molecule has 18 heavy (non-hydrogen) atoms. The van der Waals surface area contributed by atoms with Crippen molar-refractivity contribution >= 4 is 6.09 Å². The van der Waals surface area contributed by atoms with Crippen LogP contribution in [-0.4, -0.2) is 44.5 Å². The van der Waals surface area contributed by atoms with Crippen molar-refractivity contribution in [2.45, 2.75) is 44.9 Å². The molecule has 2 N–H and O–H groups in total. The molecular weight excluding hydrogens is 234 g/mol. The van der Waals surface area contributed by atoms with Gasteiger partial charge in [0.1, 0.15) is 5.60 Å². The molecule has 0 aliphatic carbocycles. The summed E-state index contributed by atoms with van der Waals surface area (Å²) in [5, 5.41) is 16.4. The SMILES string of the molecule is CC(C)(C)OC(=O)N1C[C@H](O)C[C@H]1c1ccn[nH]1. The molecular formula is C12H19N3O3. The molecule has 6 heteroatoms. The van der Waals surface area contributed by atoms with Crippen molar-refractivity contribution in [2.24, 2.45) is 0 Å². The highest BCUT2D eigenvalue weighted by molar-refractivity contribution is 5.69. The Morgan fingerprint density at radius 3 is 2.89 bits per heavy atom. The first-order valence-electron chi connectivity index (χ1n) is 6.04. The fourth-order valence-electron chi connectivity index (χ4n) is 2.08. The van der Waals surface area contributed by atoms with Crippen molar-refractivity contribution in [2.75, 3.05) is 6.54 Å². The van der Waals surface area contributed by atoms with Gasteiger partial charge in [0.15, 0.2) is 0 Å². The highest BCUT2D eigenvalue weighted by Gasteiger charge is 2.38. The van der Waals surface area contributed by atoms with Gasteiger partial charge in [0.2, 0.25) is 0 Å². The number of carbonyl (C=O) groups excluding carboxylic acids is 1. The highest BCUT2D eigenvalue weighted by Crippen LogP contribution is 2.32. The number of H-pyrrole nitrogens is 1. The van der Waals surface area contributed by atoms with Crippen molar-refractivity contribution in [3.05, 3.63) is 18.0 Å². The zero-order valence-electron chi connectivity index (χ0n) is 10.9. The summed E-state index contributed by atoms with van der Waals surface area (Å²) in [6, 6.07) is 1.61. The minimum absolute atomic E-state index is 0.197. The normalized spacial score (nSPS) is 24.3. The Hall–Kier alpha value is -1.56. The van der Waals surface area contributed by atoms with Gasteiger partial charge < -0.3 is 9.84 Å². The summed E-state index contributed by atoms with van der Waals surface area (Å²) in [4.78, 5) is 13.6. The molecule has 1 amide bonds. The topological polar surface area (TPSA) is 78.4 Å². The van der Waals surface area contributed by atoms with E-state index in [0.717, 1.165) is 5.69 Å². The maximum Gasteiger partial charge on any atom is 0.410 e. The minimum Gasteiger partial charge on any atom is -0.444 e. The molecule has 1 saturated heterocycles. The molecule has 1 aromatic heterocycles. The summed E-state index contributed by atoms with van der Waals surface area (Å²) in [5.41, 5.74) is 0.279. The zero-order valence-corrected chi connectivity index (χ0v) is 10.9. The van der Waals surface area contributed by atoms with Crippen LogP contribution < -0.4 is 0 Å². The number of likely N-dealkylation sites (tertiary alicyclic amines) is 1. The van der Waals surface area contributed by atoms with Gasteiger partial charge in [-0.2, -0.15) is 5.10 Å². The standard InChI is InChI=1S/C12H19N3O3/c1-12(2,3)18-11(17)15-7-8(16)6-10(15)9-4-5-13-14-9/h4-5,8,10,16H,6-7H2,1-3H3,(H,13,14)/t8-,10+/m1/s1. The second-order valence-electron chi connectivity index (χ2n) is 5.55. The number of β-amino-alcohol motifs (C(OH)–C–C–N with tert-alkyl or cyclic N) is 1. The van der Waals surface area contributed by atoms with Gasteiger partial charge in [-0.3, -0.25) is 10.00 Å². The summed E-state index contributed by atoms with van der Waals surface area (Å²) >= 11 is 0. The van der Waals surface area contributed by atoms with Crippen LogP contribution in [-0.2, 0) is 4.74 Å². The summed E-state index contributed by atoms with van der Waals surface area (Å²) in [6.07, 6.45) is 1.21. The third-order valence-corrected chi connectivity index (χ3v) is 2.79. The largest absolute Gasteiger partial charge is 0.444 e. The van der Waals surface area contributed by atoms with Gasteiger partial charge in [-0.25, -0.2) is 4.79 Å². The molecule has 1 aliphatic heterocycles. The number of aromatic nitrogens is 2. The lowest BCUT2D eigenvalue weighted by atomic mass is 10.1. The van der Waals surface area contributed by atoms with Gasteiger partial charge in [0.05, 0.1) is 24.4 Å². The Morgan fingerprint density at radius 1 is 1.61 bits per heavy atom. The number of nitrogens with zero attached hydrogens (tertiary/aromatic N) is 2. The molecule has 0 aromatic carbocycles. The molecule has 2 heterocycles. The Bertz CT molecular complexity index is 411. The maximum absolute atomic E-state index is 12.1. The number of carbonyl (C=O) groups is 1. The van der Waals surface area contributed by atoms with Crippen molar-refractivity contribution < 1.29 is 14.6 Å². The molecule has 100 valence electrons.